The third kappa shape index (κ3) is 6.89. The largest absolute Gasteiger partial charge is 0.496 e. The number of amides is 1. The summed E-state index contributed by atoms with van der Waals surface area (Å²) in [7, 11) is 2.76. The van der Waals surface area contributed by atoms with Crippen LogP contribution in [0.5, 0.6) is 5.75 Å². The molecule has 6 nitrogen and oxygen atoms in total. The Bertz CT molecular complexity index is 1480. The number of methoxy groups -OCH3 is 2. The van der Waals surface area contributed by atoms with Crippen molar-refractivity contribution in [2.75, 3.05) is 20.8 Å². The Labute approximate surface area is 256 Å². The highest BCUT2D eigenvalue weighted by atomic mass is 19.4. The molecule has 240 valence electrons. The van der Waals surface area contributed by atoms with Crippen LogP contribution in [0.15, 0.2) is 35.9 Å². The van der Waals surface area contributed by atoms with Crippen LogP contribution in [0.3, 0.4) is 0 Å². The van der Waals surface area contributed by atoms with Crippen molar-refractivity contribution in [2.45, 2.75) is 85.5 Å². The first-order valence-corrected chi connectivity index (χ1v) is 14.7. The number of nitrogens with zero attached hydrogens (tertiary/aromatic N) is 1. The topological polar surface area (TPSA) is 65.1 Å². The average molecular weight is 620 g/mol. The highest BCUT2D eigenvalue weighted by Gasteiger charge is 2.43. The van der Waals surface area contributed by atoms with Crippen molar-refractivity contribution < 1.29 is 41.4 Å². The van der Waals surface area contributed by atoms with Gasteiger partial charge in [-0.2, -0.15) is 13.2 Å². The van der Waals surface area contributed by atoms with E-state index in [-0.39, 0.29) is 23.9 Å². The van der Waals surface area contributed by atoms with Crippen molar-refractivity contribution in [2.24, 2.45) is 10.8 Å². The predicted molar refractivity (Wildman–Crippen MR) is 159 cm³/mol. The normalized spacial score (nSPS) is 20.5. The SMILES string of the molecule is COC(=O)C(C)(C)Cc1cc(C2=C(CN3C(=O)O[C@H](c4cc(C)cc(C(F)(F)F)c4)[C@@H]3C)CC(C)(C)CC2)c(OC)cc1F. The molecule has 2 aliphatic rings. The van der Waals surface area contributed by atoms with Gasteiger partial charge >= 0.3 is 18.2 Å². The van der Waals surface area contributed by atoms with E-state index in [4.69, 9.17) is 14.2 Å². The van der Waals surface area contributed by atoms with Crippen LogP contribution in [-0.4, -0.2) is 43.8 Å². The Hall–Kier alpha value is -3.56. The minimum atomic E-state index is -4.53. The van der Waals surface area contributed by atoms with E-state index in [0.717, 1.165) is 29.7 Å². The lowest BCUT2D eigenvalue weighted by atomic mass is 9.72. The third-order valence-corrected chi connectivity index (χ3v) is 8.74. The molecule has 1 amide bonds. The van der Waals surface area contributed by atoms with Crippen molar-refractivity contribution in [1.82, 2.24) is 4.90 Å². The fourth-order valence-corrected chi connectivity index (χ4v) is 6.36. The number of carbonyl (C=O) groups excluding carboxylic acids is 2. The van der Waals surface area contributed by atoms with Crippen LogP contribution in [0, 0.1) is 23.6 Å². The van der Waals surface area contributed by atoms with Crippen LogP contribution in [0.4, 0.5) is 22.4 Å². The number of ether oxygens (including phenoxy) is 3. The first kappa shape index (κ1) is 33.3. The van der Waals surface area contributed by atoms with Gasteiger partial charge in [-0.15, -0.1) is 0 Å². The van der Waals surface area contributed by atoms with E-state index in [1.165, 1.54) is 20.3 Å². The molecule has 10 heteroatoms. The minimum absolute atomic E-state index is 0.0910. The summed E-state index contributed by atoms with van der Waals surface area (Å²) in [5.41, 5.74) is 1.73. The molecule has 44 heavy (non-hydrogen) atoms. The number of cyclic esters (lactones) is 1. The molecule has 2 atom stereocenters. The molecule has 2 aromatic carbocycles. The van der Waals surface area contributed by atoms with E-state index in [9.17, 15) is 22.8 Å². The summed E-state index contributed by atoms with van der Waals surface area (Å²) in [4.78, 5) is 27.1. The van der Waals surface area contributed by atoms with E-state index in [2.05, 4.69) is 13.8 Å². The number of esters is 1. The Balaban J connectivity index is 1.74. The number of hydrogen-bond acceptors (Lipinski definition) is 5. The number of halogens is 4. The number of benzene rings is 2. The van der Waals surface area contributed by atoms with Gasteiger partial charge in [0.15, 0.2) is 0 Å². The maximum absolute atomic E-state index is 15.3. The van der Waals surface area contributed by atoms with E-state index < -0.39 is 47.2 Å². The summed E-state index contributed by atoms with van der Waals surface area (Å²) >= 11 is 0. The second kappa shape index (κ2) is 12.1. The first-order chi connectivity index (χ1) is 20.4. The zero-order valence-corrected chi connectivity index (χ0v) is 26.6. The Kier molecular flexibility index (Phi) is 9.16. The molecule has 1 aliphatic carbocycles. The van der Waals surface area contributed by atoms with E-state index in [1.807, 2.05) is 0 Å². The fourth-order valence-electron chi connectivity index (χ4n) is 6.36. The average Bonchev–Trinajstić information content (AvgIpc) is 3.20. The quantitative estimate of drug-likeness (QED) is 0.219. The van der Waals surface area contributed by atoms with Crippen molar-refractivity contribution in [3.8, 4) is 5.75 Å². The molecule has 2 aromatic rings. The van der Waals surface area contributed by atoms with Crippen molar-refractivity contribution in [3.05, 3.63) is 69.5 Å². The fraction of sp³-hybridized carbons (Fsp3) is 0.529. The summed E-state index contributed by atoms with van der Waals surface area (Å²) in [6, 6.07) is 6.21. The summed E-state index contributed by atoms with van der Waals surface area (Å²) in [6.07, 6.45) is -3.81. The molecule has 0 radical (unpaired) electrons. The smallest absolute Gasteiger partial charge is 0.416 e. The van der Waals surface area contributed by atoms with Crippen LogP contribution in [-0.2, 0) is 26.9 Å². The van der Waals surface area contributed by atoms with Gasteiger partial charge in [0.2, 0.25) is 0 Å². The minimum Gasteiger partial charge on any atom is -0.496 e. The van der Waals surface area contributed by atoms with Crippen molar-refractivity contribution in [3.63, 3.8) is 0 Å². The lowest BCUT2D eigenvalue weighted by Gasteiger charge is -2.36. The number of aryl methyl sites for hydroxylation is 1. The summed E-state index contributed by atoms with van der Waals surface area (Å²) in [5.74, 6) is -0.624. The number of alkyl halides is 3. The maximum atomic E-state index is 15.3. The summed E-state index contributed by atoms with van der Waals surface area (Å²) in [6.45, 7) is 11.2. The second-order valence-electron chi connectivity index (χ2n) is 13.4. The standard InChI is InChI=1S/C34H41F4NO5/c1-19-11-21(13-24(12-19)34(36,37)38)29-20(2)39(31(41)44-29)18-23-16-32(3,4)10-9-25(23)26-14-22(27(35)15-28(26)42-7)17-33(5,6)30(40)43-8/h11-15,20,29H,9-10,16-18H2,1-8H3/t20-,29-/m0/s1. The van der Waals surface area contributed by atoms with Gasteiger partial charge in [-0.25, -0.2) is 9.18 Å². The second-order valence-corrected chi connectivity index (χ2v) is 13.4. The molecule has 0 saturated carbocycles. The molecular formula is C34H41F4NO5. The van der Waals surface area contributed by atoms with E-state index >= 15 is 4.39 Å². The molecule has 1 saturated heterocycles. The first-order valence-electron chi connectivity index (χ1n) is 14.7. The van der Waals surface area contributed by atoms with Crippen LogP contribution < -0.4 is 4.74 Å². The number of allylic oxidation sites excluding steroid dienone is 1. The lowest BCUT2D eigenvalue weighted by Crippen LogP contribution is -2.35. The molecule has 0 unspecified atom stereocenters. The van der Waals surface area contributed by atoms with Gasteiger partial charge in [-0.05, 0) is 99.3 Å². The molecular weight excluding hydrogens is 578 g/mol. The molecule has 0 aromatic heterocycles. The van der Waals surface area contributed by atoms with E-state index in [0.29, 0.717) is 35.3 Å². The zero-order chi connectivity index (χ0) is 32.8. The van der Waals surface area contributed by atoms with Gasteiger partial charge in [-0.3, -0.25) is 9.69 Å². The number of rotatable bonds is 8. The van der Waals surface area contributed by atoms with Crippen LogP contribution >= 0.6 is 0 Å². The zero-order valence-electron chi connectivity index (χ0n) is 26.6. The van der Waals surface area contributed by atoms with Gasteiger partial charge in [0.05, 0.1) is 31.2 Å². The molecule has 1 heterocycles. The van der Waals surface area contributed by atoms with Crippen molar-refractivity contribution >= 4 is 17.6 Å². The summed E-state index contributed by atoms with van der Waals surface area (Å²) in [5, 5.41) is 0. The van der Waals surface area contributed by atoms with Gasteiger partial charge in [0, 0.05) is 18.2 Å². The Morgan fingerprint density at radius 2 is 1.80 bits per heavy atom. The molecule has 0 bridgehead atoms. The molecule has 0 spiro atoms. The summed E-state index contributed by atoms with van der Waals surface area (Å²) < 4.78 is 72.1. The molecule has 1 fully saturated rings. The highest BCUT2D eigenvalue weighted by Crippen LogP contribution is 2.47. The third-order valence-electron chi connectivity index (χ3n) is 8.74. The maximum Gasteiger partial charge on any atom is 0.416 e. The van der Waals surface area contributed by atoms with Gasteiger partial charge in [0.1, 0.15) is 17.7 Å². The molecule has 1 aliphatic heterocycles. The molecule has 4 rings (SSSR count). The monoisotopic (exact) mass is 619 g/mol. The van der Waals surface area contributed by atoms with Gasteiger partial charge in [-0.1, -0.05) is 25.5 Å². The lowest BCUT2D eigenvalue weighted by molar-refractivity contribution is -0.150. The highest BCUT2D eigenvalue weighted by molar-refractivity contribution is 5.78. The van der Waals surface area contributed by atoms with Crippen LogP contribution in [0.25, 0.3) is 5.57 Å². The van der Waals surface area contributed by atoms with Gasteiger partial charge < -0.3 is 14.2 Å². The predicted octanol–water partition coefficient (Wildman–Crippen LogP) is 8.45. The Morgan fingerprint density at radius 1 is 1.11 bits per heavy atom. The van der Waals surface area contributed by atoms with Crippen molar-refractivity contribution in [1.29, 1.82) is 0 Å². The molecule has 0 N–H and O–H groups in total. The van der Waals surface area contributed by atoms with Gasteiger partial charge in [0.25, 0.3) is 0 Å². The number of hydrogen-bond donors (Lipinski definition) is 0. The van der Waals surface area contributed by atoms with Crippen LogP contribution in [0.2, 0.25) is 0 Å². The van der Waals surface area contributed by atoms with E-state index in [1.54, 1.807) is 44.7 Å². The van der Waals surface area contributed by atoms with Crippen LogP contribution in [0.1, 0.15) is 87.8 Å². The Morgan fingerprint density at radius 3 is 2.41 bits per heavy atom. The number of carbonyl (C=O) groups is 2.